The Morgan fingerprint density at radius 2 is 2.00 bits per heavy atom. The van der Waals surface area contributed by atoms with Gasteiger partial charge in [-0.3, -0.25) is 0 Å². The summed E-state index contributed by atoms with van der Waals surface area (Å²) in [5.41, 5.74) is 7.61. The molecule has 1 aliphatic rings. The summed E-state index contributed by atoms with van der Waals surface area (Å²) >= 11 is 0. The molecule has 1 heterocycles. The molecular formula is C13H23N3. The third kappa shape index (κ3) is 1.77. The average molecular weight is 221 g/mol. The van der Waals surface area contributed by atoms with E-state index in [0.717, 1.165) is 6.54 Å². The molecule has 1 aromatic rings. The minimum atomic E-state index is 0.138. The van der Waals surface area contributed by atoms with E-state index in [-0.39, 0.29) is 11.0 Å². The smallest absolute Gasteiger partial charge is 0.0954 e. The van der Waals surface area contributed by atoms with Gasteiger partial charge < -0.3 is 10.3 Å². The zero-order chi connectivity index (χ0) is 11.8. The second-order valence-electron chi connectivity index (χ2n) is 6.03. The molecular weight excluding hydrogens is 198 g/mol. The molecule has 0 unspecified atom stereocenters. The Labute approximate surface area is 98.1 Å². The van der Waals surface area contributed by atoms with Crippen LogP contribution in [0.3, 0.4) is 0 Å². The van der Waals surface area contributed by atoms with Crippen LogP contribution in [0.15, 0.2) is 12.5 Å². The van der Waals surface area contributed by atoms with Crippen molar-refractivity contribution in [2.45, 2.75) is 57.4 Å². The van der Waals surface area contributed by atoms with Gasteiger partial charge in [-0.2, -0.15) is 0 Å². The maximum absolute atomic E-state index is 6.02. The highest BCUT2D eigenvalue weighted by Crippen LogP contribution is 2.38. The Morgan fingerprint density at radius 3 is 2.50 bits per heavy atom. The molecule has 1 aromatic heterocycles. The van der Waals surface area contributed by atoms with Gasteiger partial charge in [0.2, 0.25) is 0 Å². The first-order chi connectivity index (χ1) is 7.49. The first-order valence-electron chi connectivity index (χ1n) is 6.23. The fourth-order valence-corrected chi connectivity index (χ4v) is 2.80. The Bertz CT molecular complexity index is 353. The van der Waals surface area contributed by atoms with E-state index in [1.54, 1.807) is 0 Å². The van der Waals surface area contributed by atoms with Gasteiger partial charge >= 0.3 is 0 Å². The lowest BCUT2D eigenvalue weighted by Crippen LogP contribution is -2.40. The predicted octanol–water partition coefficient (Wildman–Crippen LogP) is 2.41. The predicted molar refractivity (Wildman–Crippen MR) is 66.4 cm³/mol. The third-order valence-electron chi connectivity index (χ3n) is 3.83. The van der Waals surface area contributed by atoms with Gasteiger partial charge in [-0.05, 0) is 12.8 Å². The van der Waals surface area contributed by atoms with Crippen LogP contribution in [0, 0.1) is 0 Å². The molecule has 3 nitrogen and oxygen atoms in total. The summed E-state index contributed by atoms with van der Waals surface area (Å²) in [5.74, 6) is 0. The van der Waals surface area contributed by atoms with Crippen LogP contribution in [-0.2, 0) is 11.0 Å². The lowest BCUT2D eigenvalue weighted by molar-refractivity contribution is 0.282. The molecule has 2 rings (SSSR count). The number of nitrogens with two attached hydrogens (primary N) is 1. The van der Waals surface area contributed by atoms with Crippen molar-refractivity contribution in [3.05, 3.63) is 18.2 Å². The number of rotatable bonds is 2. The number of nitrogens with zero attached hydrogens (tertiary/aromatic N) is 2. The van der Waals surface area contributed by atoms with E-state index in [1.807, 2.05) is 12.5 Å². The summed E-state index contributed by atoms with van der Waals surface area (Å²) < 4.78 is 2.35. The second-order valence-corrected chi connectivity index (χ2v) is 6.03. The molecule has 3 heteroatoms. The zero-order valence-electron chi connectivity index (χ0n) is 10.7. The van der Waals surface area contributed by atoms with Crippen LogP contribution in [0.2, 0.25) is 0 Å². The van der Waals surface area contributed by atoms with Crippen LogP contribution in [0.5, 0.6) is 0 Å². The van der Waals surface area contributed by atoms with E-state index in [0.29, 0.717) is 0 Å². The summed E-state index contributed by atoms with van der Waals surface area (Å²) in [4.78, 5) is 4.33. The molecule has 16 heavy (non-hydrogen) atoms. The number of aromatic nitrogens is 2. The fraction of sp³-hybridized carbons (Fsp3) is 0.769. The SMILES string of the molecule is CC(C)(C)c1cncn1C1(CN)CCCC1. The number of hydrogen-bond acceptors (Lipinski definition) is 2. The van der Waals surface area contributed by atoms with E-state index in [4.69, 9.17) is 5.73 Å². The molecule has 0 aliphatic heterocycles. The van der Waals surface area contributed by atoms with Gasteiger partial charge in [-0.25, -0.2) is 4.98 Å². The van der Waals surface area contributed by atoms with Gasteiger partial charge in [0.05, 0.1) is 11.9 Å². The maximum atomic E-state index is 6.02. The molecule has 0 amide bonds. The monoisotopic (exact) mass is 221 g/mol. The van der Waals surface area contributed by atoms with Gasteiger partial charge in [0, 0.05) is 23.9 Å². The van der Waals surface area contributed by atoms with Crippen molar-refractivity contribution in [1.29, 1.82) is 0 Å². The van der Waals surface area contributed by atoms with Gasteiger partial charge in [0.15, 0.2) is 0 Å². The average Bonchev–Trinajstić information content (AvgIpc) is 2.86. The molecule has 90 valence electrons. The molecule has 2 N–H and O–H groups in total. The van der Waals surface area contributed by atoms with Gasteiger partial charge in [0.1, 0.15) is 0 Å². The van der Waals surface area contributed by atoms with Crippen LogP contribution < -0.4 is 5.73 Å². The topological polar surface area (TPSA) is 43.8 Å². The molecule has 0 radical (unpaired) electrons. The minimum Gasteiger partial charge on any atom is -0.328 e. The van der Waals surface area contributed by atoms with Crippen molar-refractivity contribution in [2.75, 3.05) is 6.54 Å². The van der Waals surface area contributed by atoms with E-state index in [2.05, 4.69) is 30.3 Å². The molecule has 1 fully saturated rings. The van der Waals surface area contributed by atoms with Crippen molar-refractivity contribution < 1.29 is 0 Å². The van der Waals surface area contributed by atoms with Crippen molar-refractivity contribution in [3.8, 4) is 0 Å². The Balaban J connectivity index is 2.43. The maximum Gasteiger partial charge on any atom is 0.0954 e. The molecule has 0 bridgehead atoms. The van der Waals surface area contributed by atoms with Crippen molar-refractivity contribution in [3.63, 3.8) is 0 Å². The van der Waals surface area contributed by atoms with Crippen LogP contribution in [-0.4, -0.2) is 16.1 Å². The molecule has 0 aromatic carbocycles. The molecule has 1 saturated carbocycles. The highest BCUT2D eigenvalue weighted by molar-refractivity contribution is 5.15. The summed E-state index contributed by atoms with van der Waals surface area (Å²) in [6.45, 7) is 7.44. The Hall–Kier alpha value is -0.830. The number of hydrogen-bond donors (Lipinski definition) is 1. The highest BCUT2D eigenvalue weighted by Gasteiger charge is 2.37. The van der Waals surface area contributed by atoms with E-state index >= 15 is 0 Å². The van der Waals surface area contributed by atoms with E-state index in [9.17, 15) is 0 Å². The van der Waals surface area contributed by atoms with Gasteiger partial charge in [-0.1, -0.05) is 33.6 Å². The molecule has 0 spiro atoms. The molecule has 0 saturated heterocycles. The van der Waals surface area contributed by atoms with Crippen molar-refractivity contribution in [2.24, 2.45) is 5.73 Å². The van der Waals surface area contributed by atoms with Crippen LogP contribution in [0.1, 0.15) is 52.1 Å². The third-order valence-corrected chi connectivity index (χ3v) is 3.83. The van der Waals surface area contributed by atoms with Crippen molar-refractivity contribution in [1.82, 2.24) is 9.55 Å². The lowest BCUT2D eigenvalue weighted by atomic mass is 9.89. The van der Waals surface area contributed by atoms with Crippen LogP contribution >= 0.6 is 0 Å². The summed E-state index contributed by atoms with van der Waals surface area (Å²) in [5, 5.41) is 0. The second kappa shape index (κ2) is 3.88. The van der Waals surface area contributed by atoms with Crippen LogP contribution in [0.4, 0.5) is 0 Å². The molecule has 0 atom stereocenters. The fourth-order valence-electron chi connectivity index (χ4n) is 2.80. The Morgan fingerprint density at radius 1 is 1.38 bits per heavy atom. The molecule has 1 aliphatic carbocycles. The lowest BCUT2D eigenvalue weighted by Gasteiger charge is -2.34. The minimum absolute atomic E-state index is 0.138. The van der Waals surface area contributed by atoms with E-state index < -0.39 is 0 Å². The first kappa shape index (κ1) is 11.6. The highest BCUT2D eigenvalue weighted by atomic mass is 15.1. The largest absolute Gasteiger partial charge is 0.328 e. The van der Waals surface area contributed by atoms with Gasteiger partial charge in [0.25, 0.3) is 0 Å². The normalized spacial score (nSPS) is 20.2. The van der Waals surface area contributed by atoms with Crippen molar-refractivity contribution >= 4 is 0 Å². The summed E-state index contributed by atoms with van der Waals surface area (Å²) in [7, 11) is 0. The number of imidazole rings is 1. The van der Waals surface area contributed by atoms with E-state index in [1.165, 1.54) is 31.4 Å². The van der Waals surface area contributed by atoms with Crippen LogP contribution in [0.25, 0.3) is 0 Å². The zero-order valence-corrected chi connectivity index (χ0v) is 10.7. The first-order valence-corrected chi connectivity index (χ1v) is 6.23. The summed E-state index contributed by atoms with van der Waals surface area (Å²) in [6, 6.07) is 0. The summed E-state index contributed by atoms with van der Waals surface area (Å²) in [6.07, 6.45) is 8.94. The Kier molecular flexibility index (Phi) is 2.82. The standard InChI is InChI=1S/C13H23N3/c1-12(2,3)11-8-15-10-16(11)13(9-14)6-4-5-7-13/h8,10H,4-7,9,14H2,1-3H3. The van der Waals surface area contributed by atoms with Gasteiger partial charge in [-0.15, -0.1) is 0 Å². The quantitative estimate of drug-likeness (QED) is 0.833.